The molecule has 0 aliphatic heterocycles. The van der Waals surface area contributed by atoms with E-state index in [9.17, 15) is 0 Å². The second-order valence-corrected chi connectivity index (χ2v) is 4.28. The smallest absolute Gasteiger partial charge is 0.0642 e. The van der Waals surface area contributed by atoms with E-state index in [1.165, 1.54) is 0 Å². The molecule has 0 atom stereocenters. The second-order valence-electron chi connectivity index (χ2n) is 3.46. The van der Waals surface area contributed by atoms with Gasteiger partial charge in [-0.2, -0.15) is 0 Å². The van der Waals surface area contributed by atoms with E-state index < -0.39 is 0 Å². The Labute approximate surface area is 105 Å². The van der Waals surface area contributed by atoms with Crippen LogP contribution in [-0.2, 0) is 0 Å². The number of halogens is 2. The van der Waals surface area contributed by atoms with Gasteiger partial charge in [0.05, 0.1) is 21.4 Å². The lowest BCUT2D eigenvalue weighted by Crippen LogP contribution is -2.10. The SMILES string of the molecule is CN(c1ccccc1Cl)c1ccccc1Cl. The molecule has 0 spiro atoms. The van der Waals surface area contributed by atoms with Crippen LogP contribution < -0.4 is 4.90 Å². The standard InChI is InChI=1S/C13H11Cl2N/c1-16(12-8-4-2-6-10(12)14)13-9-5-3-7-11(13)15/h2-9H,1H3. The Balaban J connectivity index is 2.44. The summed E-state index contributed by atoms with van der Waals surface area (Å²) < 4.78 is 0. The van der Waals surface area contributed by atoms with Crippen LogP contribution in [-0.4, -0.2) is 7.05 Å². The average Bonchev–Trinajstić information content (AvgIpc) is 2.29. The fourth-order valence-corrected chi connectivity index (χ4v) is 2.10. The number of nitrogens with zero attached hydrogens (tertiary/aromatic N) is 1. The molecule has 0 saturated heterocycles. The van der Waals surface area contributed by atoms with Crippen LogP contribution in [0.1, 0.15) is 0 Å². The minimum atomic E-state index is 0.713. The highest BCUT2D eigenvalue weighted by Crippen LogP contribution is 2.33. The number of benzene rings is 2. The topological polar surface area (TPSA) is 3.24 Å². The van der Waals surface area contributed by atoms with Crippen LogP contribution in [0.3, 0.4) is 0 Å². The maximum atomic E-state index is 6.14. The number of anilines is 2. The van der Waals surface area contributed by atoms with Crippen molar-refractivity contribution in [1.82, 2.24) is 0 Å². The van der Waals surface area contributed by atoms with Crippen molar-refractivity contribution in [2.45, 2.75) is 0 Å². The Morgan fingerprint density at radius 3 is 1.50 bits per heavy atom. The van der Waals surface area contributed by atoms with Crippen molar-refractivity contribution in [3.8, 4) is 0 Å². The Kier molecular flexibility index (Phi) is 3.37. The molecule has 0 amide bonds. The van der Waals surface area contributed by atoms with Crippen molar-refractivity contribution in [3.63, 3.8) is 0 Å². The third kappa shape index (κ3) is 2.16. The summed E-state index contributed by atoms with van der Waals surface area (Å²) in [7, 11) is 1.95. The molecule has 0 aliphatic carbocycles. The highest BCUT2D eigenvalue weighted by molar-refractivity contribution is 6.34. The van der Waals surface area contributed by atoms with E-state index in [0.29, 0.717) is 10.0 Å². The van der Waals surface area contributed by atoms with Gasteiger partial charge in [0.2, 0.25) is 0 Å². The molecule has 0 fully saturated rings. The zero-order valence-corrected chi connectivity index (χ0v) is 10.3. The molecule has 0 heterocycles. The monoisotopic (exact) mass is 251 g/mol. The Hall–Kier alpha value is -1.18. The van der Waals surface area contributed by atoms with Gasteiger partial charge in [0.1, 0.15) is 0 Å². The quantitative estimate of drug-likeness (QED) is 0.744. The first-order chi connectivity index (χ1) is 7.70. The van der Waals surface area contributed by atoms with Crippen LogP contribution in [0.25, 0.3) is 0 Å². The Morgan fingerprint density at radius 2 is 1.12 bits per heavy atom. The summed E-state index contributed by atoms with van der Waals surface area (Å²) in [6.45, 7) is 0. The fourth-order valence-electron chi connectivity index (χ4n) is 1.58. The lowest BCUT2D eigenvalue weighted by Gasteiger charge is -2.21. The van der Waals surface area contributed by atoms with Gasteiger partial charge >= 0.3 is 0 Å². The summed E-state index contributed by atoms with van der Waals surface area (Å²) in [4.78, 5) is 1.98. The molecule has 0 N–H and O–H groups in total. The lowest BCUT2D eigenvalue weighted by atomic mass is 10.2. The molecule has 2 rings (SSSR count). The highest BCUT2D eigenvalue weighted by Gasteiger charge is 2.09. The second kappa shape index (κ2) is 4.77. The van der Waals surface area contributed by atoms with Gasteiger partial charge in [-0.25, -0.2) is 0 Å². The van der Waals surface area contributed by atoms with Crippen molar-refractivity contribution < 1.29 is 0 Å². The molecule has 3 heteroatoms. The number of hydrogen-bond donors (Lipinski definition) is 0. The number of hydrogen-bond acceptors (Lipinski definition) is 1. The van der Waals surface area contributed by atoms with Crippen molar-refractivity contribution in [2.75, 3.05) is 11.9 Å². The minimum absolute atomic E-state index is 0.713. The number of para-hydroxylation sites is 2. The fraction of sp³-hybridized carbons (Fsp3) is 0.0769. The van der Waals surface area contributed by atoms with Gasteiger partial charge in [0.15, 0.2) is 0 Å². The van der Waals surface area contributed by atoms with Crippen LogP contribution >= 0.6 is 23.2 Å². The summed E-state index contributed by atoms with van der Waals surface area (Å²) in [5.74, 6) is 0. The van der Waals surface area contributed by atoms with E-state index >= 15 is 0 Å². The van der Waals surface area contributed by atoms with E-state index in [4.69, 9.17) is 23.2 Å². The van der Waals surface area contributed by atoms with Crippen LogP contribution in [0, 0.1) is 0 Å². The molecule has 0 aliphatic rings. The van der Waals surface area contributed by atoms with Crippen LogP contribution in [0.15, 0.2) is 48.5 Å². The van der Waals surface area contributed by atoms with Gasteiger partial charge in [-0.15, -0.1) is 0 Å². The molecule has 82 valence electrons. The van der Waals surface area contributed by atoms with Crippen molar-refractivity contribution >= 4 is 34.6 Å². The molecule has 0 aromatic heterocycles. The summed E-state index contributed by atoms with van der Waals surface area (Å²) in [5.41, 5.74) is 1.88. The molecule has 2 aromatic carbocycles. The summed E-state index contributed by atoms with van der Waals surface area (Å²) in [6, 6.07) is 15.4. The maximum Gasteiger partial charge on any atom is 0.0642 e. The lowest BCUT2D eigenvalue weighted by molar-refractivity contribution is 1.21. The third-order valence-electron chi connectivity index (χ3n) is 2.43. The summed E-state index contributed by atoms with van der Waals surface area (Å²) in [5, 5.41) is 1.43. The zero-order valence-electron chi connectivity index (χ0n) is 8.82. The van der Waals surface area contributed by atoms with Gasteiger partial charge in [-0.05, 0) is 24.3 Å². The predicted octanol–water partition coefficient (Wildman–Crippen LogP) is 4.76. The van der Waals surface area contributed by atoms with E-state index in [1.807, 2.05) is 60.5 Å². The average molecular weight is 252 g/mol. The van der Waals surface area contributed by atoms with Gasteiger partial charge in [0.25, 0.3) is 0 Å². The summed E-state index contributed by atoms with van der Waals surface area (Å²) in [6.07, 6.45) is 0. The molecular formula is C13H11Cl2N. The van der Waals surface area contributed by atoms with Crippen LogP contribution in [0.2, 0.25) is 10.0 Å². The highest BCUT2D eigenvalue weighted by atomic mass is 35.5. The maximum absolute atomic E-state index is 6.14. The van der Waals surface area contributed by atoms with Gasteiger partial charge in [-0.1, -0.05) is 47.5 Å². The van der Waals surface area contributed by atoms with Crippen LogP contribution in [0.5, 0.6) is 0 Å². The first-order valence-electron chi connectivity index (χ1n) is 4.93. The Morgan fingerprint density at radius 1 is 0.750 bits per heavy atom. The van der Waals surface area contributed by atoms with E-state index in [2.05, 4.69) is 0 Å². The third-order valence-corrected chi connectivity index (χ3v) is 3.07. The van der Waals surface area contributed by atoms with E-state index in [0.717, 1.165) is 11.4 Å². The van der Waals surface area contributed by atoms with Crippen LogP contribution in [0.4, 0.5) is 11.4 Å². The van der Waals surface area contributed by atoms with E-state index in [1.54, 1.807) is 0 Å². The molecule has 16 heavy (non-hydrogen) atoms. The van der Waals surface area contributed by atoms with Gasteiger partial charge in [0, 0.05) is 7.05 Å². The molecule has 0 saturated carbocycles. The van der Waals surface area contributed by atoms with E-state index in [-0.39, 0.29) is 0 Å². The number of rotatable bonds is 2. The molecule has 0 bridgehead atoms. The molecule has 0 unspecified atom stereocenters. The first kappa shape index (κ1) is 11.3. The van der Waals surface area contributed by atoms with Crippen molar-refractivity contribution in [2.24, 2.45) is 0 Å². The predicted molar refractivity (Wildman–Crippen MR) is 71.0 cm³/mol. The minimum Gasteiger partial charge on any atom is -0.342 e. The molecule has 0 radical (unpaired) electrons. The van der Waals surface area contributed by atoms with Gasteiger partial charge < -0.3 is 4.90 Å². The van der Waals surface area contributed by atoms with Crippen molar-refractivity contribution in [1.29, 1.82) is 0 Å². The molecule has 1 nitrogen and oxygen atoms in total. The zero-order chi connectivity index (χ0) is 11.5. The van der Waals surface area contributed by atoms with Gasteiger partial charge in [-0.3, -0.25) is 0 Å². The largest absolute Gasteiger partial charge is 0.342 e. The molecular weight excluding hydrogens is 241 g/mol. The van der Waals surface area contributed by atoms with Crippen molar-refractivity contribution in [3.05, 3.63) is 58.6 Å². The molecule has 2 aromatic rings. The summed E-state index contributed by atoms with van der Waals surface area (Å²) >= 11 is 12.3. The normalized spacial score (nSPS) is 10.2. The first-order valence-corrected chi connectivity index (χ1v) is 5.68. The Bertz CT molecular complexity index is 451.